The zero-order chi connectivity index (χ0) is 11.4. The van der Waals surface area contributed by atoms with Gasteiger partial charge >= 0.3 is 0 Å². The Morgan fingerprint density at radius 3 is 2.50 bits per heavy atom. The molecule has 0 amide bonds. The summed E-state index contributed by atoms with van der Waals surface area (Å²) < 4.78 is 0. The highest BCUT2D eigenvalue weighted by Crippen LogP contribution is 2.34. The Hall–Kier alpha value is -2.32. The van der Waals surface area contributed by atoms with Crippen LogP contribution in [0.5, 0.6) is 0 Å². The quantitative estimate of drug-likeness (QED) is 0.709. The Labute approximate surface area is 94.8 Å². The predicted octanol–water partition coefficient (Wildman–Crippen LogP) is 2.86. The van der Waals surface area contributed by atoms with Crippen LogP contribution in [0.25, 0.3) is 0 Å². The number of allylic oxidation sites excluding steroid dienone is 4. The van der Waals surface area contributed by atoms with Crippen LogP contribution >= 0.6 is 0 Å². The van der Waals surface area contributed by atoms with Gasteiger partial charge in [-0.3, -0.25) is 0 Å². The van der Waals surface area contributed by atoms with E-state index in [0.717, 1.165) is 5.56 Å². The smallest absolute Gasteiger partial charge is 0.105 e. The molecule has 76 valence electrons. The van der Waals surface area contributed by atoms with E-state index in [-0.39, 0.29) is 0 Å². The van der Waals surface area contributed by atoms with Gasteiger partial charge in [0.25, 0.3) is 0 Å². The Kier molecular flexibility index (Phi) is 2.58. The molecule has 0 bridgehead atoms. The summed E-state index contributed by atoms with van der Waals surface area (Å²) in [6.45, 7) is 0. The van der Waals surface area contributed by atoms with Crippen molar-refractivity contribution in [2.75, 3.05) is 0 Å². The molecule has 0 spiro atoms. The van der Waals surface area contributed by atoms with Crippen LogP contribution in [-0.4, -0.2) is 0 Å². The summed E-state index contributed by atoms with van der Waals surface area (Å²) in [6.07, 6.45) is 5.88. The first kappa shape index (κ1) is 10.2. The molecule has 1 aliphatic rings. The first-order chi connectivity index (χ1) is 7.80. The van der Waals surface area contributed by atoms with Crippen molar-refractivity contribution < 1.29 is 0 Å². The fourth-order valence-electron chi connectivity index (χ4n) is 1.90. The van der Waals surface area contributed by atoms with E-state index in [0.29, 0.717) is 12.0 Å². The van der Waals surface area contributed by atoms with Crippen molar-refractivity contribution in [1.82, 2.24) is 0 Å². The first-order valence-corrected chi connectivity index (χ1v) is 5.06. The van der Waals surface area contributed by atoms with Crippen LogP contribution in [0.1, 0.15) is 12.0 Å². The SMILES string of the molecule is N#CC1=CC=CC(C#N)(c2ccccc2)C1. The van der Waals surface area contributed by atoms with Crippen molar-refractivity contribution >= 4 is 0 Å². The number of nitrogens with zero attached hydrogens (tertiary/aromatic N) is 2. The van der Waals surface area contributed by atoms with Gasteiger partial charge in [-0.1, -0.05) is 42.5 Å². The Morgan fingerprint density at radius 2 is 1.88 bits per heavy atom. The summed E-state index contributed by atoms with van der Waals surface area (Å²) >= 11 is 0. The zero-order valence-corrected chi connectivity index (χ0v) is 8.72. The number of rotatable bonds is 1. The summed E-state index contributed by atoms with van der Waals surface area (Å²) in [7, 11) is 0. The van der Waals surface area contributed by atoms with E-state index in [4.69, 9.17) is 5.26 Å². The summed E-state index contributed by atoms with van der Waals surface area (Å²) in [5.41, 5.74) is 0.906. The lowest BCUT2D eigenvalue weighted by Gasteiger charge is -2.25. The van der Waals surface area contributed by atoms with Gasteiger partial charge in [0.2, 0.25) is 0 Å². The first-order valence-electron chi connectivity index (χ1n) is 5.06. The van der Waals surface area contributed by atoms with Crippen LogP contribution in [0.3, 0.4) is 0 Å². The third-order valence-electron chi connectivity index (χ3n) is 2.78. The van der Waals surface area contributed by atoms with Gasteiger partial charge in [-0.15, -0.1) is 0 Å². The minimum atomic E-state index is -0.679. The minimum Gasteiger partial charge on any atom is -0.197 e. The monoisotopic (exact) mass is 206 g/mol. The third-order valence-corrected chi connectivity index (χ3v) is 2.78. The van der Waals surface area contributed by atoms with Gasteiger partial charge < -0.3 is 0 Å². The lowest BCUT2D eigenvalue weighted by molar-refractivity contribution is 0.676. The number of hydrogen-bond acceptors (Lipinski definition) is 2. The highest BCUT2D eigenvalue weighted by Gasteiger charge is 2.31. The number of nitriles is 2. The summed E-state index contributed by atoms with van der Waals surface area (Å²) in [4.78, 5) is 0. The van der Waals surface area contributed by atoms with E-state index >= 15 is 0 Å². The second-order valence-corrected chi connectivity index (χ2v) is 3.79. The van der Waals surface area contributed by atoms with Gasteiger partial charge in [0.1, 0.15) is 5.41 Å². The molecular formula is C14H10N2. The lowest BCUT2D eigenvalue weighted by Crippen LogP contribution is -2.23. The van der Waals surface area contributed by atoms with Crippen molar-refractivity contribution in [3.8, 4) is 12.1 Å². The summed E-state index contributed by atoms with van der Waals surface area (Å²) in [5, 5.41) is 18.3. The van der Waals surface area contributed by atoms with Gasteiger partial charge in [0.15, 0.2) is 0 Å². The maximum atomic E-state index is 9.37. The van der Waals surface area contributed by atoms with Gasteiger partial charge in [-0.25, -0.2) is 0 Å². The Morgan fingerprint density at radius 1 is 1.12 bits per heavy atom. The van der Waals surface area contributed by atoms with Crippen molar-refractivity contribution in [2.24, 2.45) is 0 Å². The third kappa shape index (κ3) is 1.62. The maximum absolute atomic E-state index is 9.37. The fraction of sp³-hybridized carbons (Fsp3) is 0.143. The fourth-order valence-corrected chi connectivity index (χ4v) is 1.90. The molecule has 0 aliphatic heterocycles. The Balaban J connectivity index is 2.46. The molecule has 0 aromatic heterocycles. The van der Waals surface area contributed by atoms with E-state index in [1.165, 1.54) is 0 Å². The second-order valence-electron chi connectivity index (χ2n) is 3.79. The molecular weight excluding hydrogens is 196 g/mol. The molecule has 2 heteroatoms. The second kappa shape index (κ2) is 4.04. The van der Waals surface area contributed by atoms with Gasteiger partial charge in [-0.05, 0) is 11.6 Å². The highest BCUT2D eigenvalue weighted by atomic mass is 14.4. The molecule has 0 fully saturated rings. The van der Waals surface area contributed by atoms with E-state index in [1.54, 1.807) is 12.2 Å². The van der Waals surface area contributed by atoms with Crippen molar-refractivity contribution in [3.63, 3.8) is 0 Å². The molecule has 1 aromatic carbocycles. The average molecular weight is 206 g/mol. The topological polar surface area (TPSA) is 47.6 Å². The summed E-state index contributed by atoms with van der Waals surface area (Å²) in [5.74, 6) is 0. The van der Waals surface area contributed by atoms with Crippen LogP contribution in [0.15, 0.2) is 54.1 Å². The van der Waals surface area contributed by atoms with Crippen molar-refractivity contribution in [3.05, 3.63) is 59.7 Å². The largest absolute Gasteiger partial charge is 0.197 e. The van der Waals surface area contributed by atoms with Crippen LogP contribution < -0.4 is 0 Å². The molecule has 2 rings (SSSR count). The molecule has 1 atom stereocenters. The van der Waals surface area contributed by atoms with Crippen LogP contribution in [-0.2, 0) is 5.41 Å². The van der Waals surface area contributed by atoms with Gasteiger partial charge in [-0.2, -0.15) is 10.5 Å². The average Bonchev–Trinajstić information content (AvgIpc) is 2.39. The zero-order valence-electron chi connectivity index (χ0n) is 8.72. The molecule has 0 radical (unpaired) electrons. The summed E-state index contributed by atoms with van der Waals surface area (Å²) in [6, 6.07) is 14.0. The molecule has 0 saturated carbocycles. The van der Waals surface area contributed by atoms with E-state index in [2.05, 4.69) is 12.1 Å². The lowest BCUT2D eigenvalue weighted by atomic mass is 9.74. The molecule has 16 heavy (non-hydrogen) atoms. The molecule has 0 saturated heterocycles. The molecule has 2 nitrogen and oxygen atoms in total. The number of benzene rings is 1. The predicted molar refractivity (Wildman–Crippen MR) is 61.2 cm³/mol. The normalized spacial score (nSPS) is 23.0. The standard InChI is InChI=1S/C14H10N2/c15-10-12-5-4-8-14(9-12,11-16)13-6-2-1-3-7-13/h1-8H,9H2. The molecule has 1 unspecified atom stereocenters. The van der Waals surface area contributed by atoms with Crippen molar-refractivity contribution in [1.29, 1.82) is 10.5 Å². The van der Waals surface area contributed by atoms with Crippen LogP contribution in [0.2, 0.25) is 0 Å². The number of hydrogen-bond donors (Lipinski definition) is 0. The minimum absolute atomic E-state index is 0.459. The van der Waals surface area contributed by atoms with E-state index in [1.807, 2.05) is 36.4 Å². The van der Waals surface area contributed by atoms with Crippen LogP contribution in [0, 0.1) is 22.7 Å². The van der Waals surface area contributed by atoms with Gasteiger partial charge in [0.05, 0.1) is 12.1 Å². The Bertz CT molecular complexity index is 526. The van der Waals surface area contributed by atoms with E-state index < -0.39 is 5.41 Å². The van der Waals surface area contributed by atoms with Gasteiger partial charge in [0, 0.05) is 12.0 Å². The maximum Gasteiger partial charge on any atom is 0.105 e. The van der Waals surface area contributed by atoms with E-state index in [9.17, 15) is 5.26 Å². The molecule has 1 aliphatic carbocycles. The molecule has 0 N–H and O–H groups in total. The van der Waals surface area contributed by atoms with Crippen molar-refractivity contribution in [2.45, 2.75) is 11.8 Å². The highest BCUT2D eigenvalue weighted by molar-refractivity contribution is 5.47. The molecule has 1 aromatic rings. The van der Waals surface area contributed by atoms with Crippen LogP contribution in [0.4, 0.5) is 0 Å². The molecule has 0 heterocycles.